The quantitative estimate of drug-likeness (QED) is 0.580. The van der Waals surface area contributed by atoms with Gasteiger partial charge in [-0.1, -0.05) is 6.07 Å². The first-order chi connectivity index (χ1) is 14.5. The molecule has 30 heavy (non-hydrogen) atoms. The molecule has 0 spiro atoms. The number of para-hydroxylation sites is 1. The normalized spacial score (nSPS) is 11.8. The summed E-state index contributed by atoms with van der Waals surface area (Å²) in [6.07, 6.45) is 3.47. The van der Waals surface area contributed by atoms with Gasteiger partial charge in [0, 0.05) is 24.0 Å². The molecular formula is C21H27N5O4. The van der Waals surface area contributed by atoms with Crippen LogP contribution in [-0.2, 0) is 13.3 Å². The van der Waals surface area contributed by atoms with E-state index in [0.29, 0.717) is 22.9 Å². The summed E-state index contributed by atoms with van der Waals surface area (Å²) >= 11 is 0. The molecule has 2 aromatic heterocycles. The summed E-state index contributed by atoms with van der Waals surface area (Å²) in [6.45, 7) is 6.83. The van der Waals surface area contributed by atoms with Gasteiger partial charge in [0.25, 0.3) is 5.91 Å². The van der Waals surface area contributed by atoms with Gasteiger partial charge in [-0.3, -0.25) is 9.48 Å². The lowest BCUT2D eigenvalue weighted by molar-refractivity contribution is 0.0932. The molecule has 0 aliphatic carbocycles. The minimum absolute atomic E-state index is 0.0992. The minimum Gasteiger partial charge on any atom is -0.493 e. The first-order valence-corrected chi connectivity index (χ1v) is 9.68. The smallest absolute Gasteiger partial charge is 0.272 e. The van der Waals surface area contributed by atoms with Crippen LogP contribution in [0.15, 0.2) is 36.7 Å². The van der Waals surface area contributed by atoms with Gasteiger partial charge in [0.2, 0.25) is 5.75 Å². The Morgan fingerprint density at radius 2 is 1.90 bits per heavy atom. The third kappa shape index (κ3) is 4.40. The van der Waals surface area contributed by atoms with Crippen LogP contribution in [0.5, 0.6) is 17.2 Å². The predicted octanol–water partition coefficient (Wildman–Crippen LogP) is 2.95. The van der Waals surface area contributed by atoms with Gasteiger partial charge in [-0.05, 0) is 39.0 Å². The summed E-state index contributed by atoms with van der Waals surface area (Å²) in [5.74, 6) is 1.31. The van der Waals surface area contributed by atoms with Crippen molar-refractivity contribution in [2.75, 3.05) is 14.2 Å². The highest BCUT2D eigenvalue weighted by atomic mass is 16.5. The van der Waals surface area contributed by atoms with Gasteiger partial charge in [0.1, 0.15) is 5.69 Å². The number of nitrogens with zero attached hydrogens (tertiary/aromatic N) is 4. The van der Waals surface area contributed by atoms with E-state index in [0.717, 1.165) is 17.8 Å². The van der Waals surface area contributed by atoms with Gasteiger partial charge in [-0.15, -0.1) is 0 Å². The standard InChI is InChI=1S/C21H27N5O4/c1-6-26-15(3)16(12-22-26)14(2)23-21(27)17-10-11-25(24-17)13-30-20-18(28-4)8-7-9-19(20)29-5/h7-12,14H,6,13H2,1-5H3,(H,23,27). The number of benzene rings is 1. The number of nitrogens with one attached hydrogen (secondary N) is 1. The summed E-state index contributed by atoms with van der Waals surface area (Å²) in [4.78, 5) is 12.6. The lowest BCUT2D eigenvalue weighted by Crippen LogP contribution is -2.27. The van der Waals surface area contributed by atoms with Crippen LogP contribution in [0.4, 0.5) is 0 Å². The van der Waals surface area contributed by atoms with E-state index in [-0.39, 0.29) is 18.7 Å². The molecule has 0 bridgehead atoms. The van der Waals surface area contributed by atoms with E-state index < -0.39 is 0 Å². The van der Waals surface area contributed by atoms with Crippen LogP contribution in [0.25, 0.3) is 0 Å². The van der Waals surface area contributed by atoms with Gasteiger partial charge in [0.05, 0.1) is 26.5 Å². The highest BCUT2D eigenvalue weighted by Gasteiger charge is 2.18. The van der Waals surface area contributed by atoms with E-state index in [9.17, 15) is 4.79 Å². The SMILES string of the molecule is CCn1ncc(C(C)NC(=O)c2ccn(COc3c(OC)cccc3OC)n2)c1C. The third-order valence-corrected chi connectivity index (χ3v) is 4.85. The van der Waals surface area contributed by atoms with E-state index >= 15 is 0 Å². The zero-order chi connectivity index (χ0) is 21.7. The number of aryl methyl sites for hydroxylation is 1. The van der Waals surface area contributed by atoms with Crippen LogP contribution >= 0.6 is 0 Å². The molecule has 0 aliphatic heterocycles. The van der Waals surface area contributed by atoms with Crippen molar-refractivity contribution in [3.63, 3.8) is 0 Å². The molecule has 3 aromatic rings. The average Bonchev–Trinajstić information content (AvgIpc) is 3.38. The minimum atomic E-state index is -0.264. The van der Waals surface area contributed by atoms with E-state index in [1.54, 1.807) is 44.8 Å². The number of amides is 1. The fraction of sp³-hybridized carbons (Fsp3) is 0.381. The van der Waals surface area contributed by atoms with Crippen LogP contribution < -0.4 is 19.5 Å². The molecule has 0 saturated heterocycles. The fourth-order valence-corrected chi connectivity index (χ4v) is 3.20. The van der Waals surface area contributed by atoms with Gasteiger partial charge >= 0.3 is 0 Å². The average molecular weight is 413 g/mol. The number of hydrogen-bond acceptors (Lipinski definition) is 6. The highest BCUT2D eigenvalue weighted by Crippen LogP contribution is 2.36. The van der Waals surface area contributed by atoms with E-state index in [1.165, 1.54) is 4.68 Å². The Kier molecular flexibility index (Phi) is 6.61. The molecule has 1 atom stereocenters. The van der Waals surface area contributed by atoms with Crippen molar-refractivity contribution >= 4 is 5.91 Å². The molecule has 1 unspecified atom stereocenters. The number of rotatable bonds is 9. The molecule has 0 fully saturated rings. The molecule has 0 aliphatic rings. The van der Waals surface area contributed by atoms with Crippen LogP contribution in [0.1, 0.15) is 41.6 Å². The molecule has 3 rings (SSSR count). The highest BCUT2D eigenvalue weighted by molar-refractivity contribution is 5.92. The predicted molar refractivity (Wildman–Crippen MR) is 111 cm³/mol. The second kappa shape index (κ2) is 9.34. The molecule has 2 heterocycles. The number of methoxy groups -OCH3 is 2. The maximum absolute atomic E-state index is 12.6. The first-order valence-electron chi connectivity index (χ1n) is 9.68. The van der Waals surface area contributed by atoms with E-state index in [2.05, 4.69) is 15.5 Å². The zero-order valence-electron chi connectivity index (χ0n) is 17.9. The summed E-state index contributed by atoms with van der Waals surface area (Å²) in [5, 5.41) is 11.6. The third-order valence-electron chi connectivity index (χ3n) is 4.85. The van der Waals surface area contributed by atoms with E-state index in [1.807, 2.05) is 31.5 Å². The molecule has 1 N–H and O–H groups in total. The van der Waals surface area contributed by atoms with Crippen LogP contribution in [0.2, 0.25) is 0 Å². The van der Waals surface area contributed by atoms with Gasteiger partial charge in [-0.2, -0.15) is 10.2 Å². The maximum Gasteiger partial charge on any atom is 0.272 e. The zero-order valence-corrected chi connectivity index (χ0v) is 17.9. The molecule has 0 saturated carbocycles. The van der Waals surface area contributed by atoms with E-state index in [4.69, 9.17) is 14.2 Å². The Hall–Kier alpha value is -3.49. The van der Waals surface area contributed by atoms with Crippen molar-refractivity contribution in [1.29, 1.82) is 0 Å². The molecule has 9 nitrogen and oxygen atoms in total. The van der Waals surface area contributed by atoms with Crippen LogP contribution in [-0.4, -0.2) is 39.7 Å². The Morgan fingerprint density at radius 3 is 2.50 bits per heavy atom. The first kappa shape index (κ1) is 21.2. The maximum atomic E-state index is 12.6. The monoisotopic (exact) mass is 413 g/mol. The molecule has 0 radical (unpaired) electrons. The molecule has 160 valence electrons. The summed E-state index contributed by atoms with van der Waals surface area (Å²) in [6, 6.07) is 6.84. The lowest BCUT2D eigenvalue weighted by Gasteiger charge is -2.14. The fourth-order valence-electron chi connectivity index (χ4n) is 3.20. The Labute approximate surface area is 175 Å². The Morgan fingerprint density at radius 1 is 1.20 bits per heavy atom. The van der Waals surface area contributed by atoms with Gasteiger partial charge in [0.15, 0.2) is 18.2 Å². The van der Waals surface area contributed by atoms with Gasteiger partial charge < -0.3 is 19.5 Å². The van der Waals surface area contributed by atoms with Crippen LogP contribution in [0, 0.1) is 6.92 Å². The topological polar surface area (TPSA) is 92.4 Å². The van der Waals surface area contributed by atoms with Crippen molar-refractivity contribution in [2.45, 2.75) is 40.1 Å². The van der Waals surface area contributed by atoms with Crippen molar-refractivity contribution in [3.8, 4) is 17.2 Å². The van der Waals surface area contributed by atoms with Gasteiger partial charge in [-0.25, -0.2) is 4.68 Å². The number of ether oxygens (including phenoxy) is 3. The molecular weight excluding hydrogens is 386 g/mol. The lowest BCUT2D eigenvalue weighted by atomic mass is 10.1. The van der Waals surface area contributed by atoms with Crippen molar-refractivity contribution in [1.82, 2.24) is 24.9 Å². The summed E-state index contributed by atoms with van der Waals surface area (Å²) < 4.78 is 19.9. The molecule has 1 amide bonds. The van der Waals surface area contributed by atoms with Crippen molar-refractivity contribution in [2.24, 2.45) is 0 Å². The number of carbonyl (C=O) groups excluding carboxylic acids is 1. The van der Waals surface area contributed by atoms with Crippen molar-refractivity contribution < 1.29 is 19.0 Å². The summed E-state index contributed by atoms with van der Waals surface area (Å²) in [5.41, 5.74) is 2.32. The Balaban J connectivity index is 1.65. The summed E-state index contributed by atoms with van der Waals surface area (Å²) in [7, 11) is 3.12. The van der Waals surface area contributed by atoms with Crippen LogP contribution in [0.3, 0.4) is 0 Å². The number of carbonyl (C=O) groups is 1. The molecule has 9 heteroatoms. The number of aromatic nitrogens is 4. The molecule has 1 aromatic carbocycles. The largest absolute Gasteiger partial charge is 0.493 e. The van der Waals surface area contributed by atoms with Crippen molar-refractivity contribution in [3.05, 3.63) is 53.6 Å². The second-order valence-electron chi connectivity index (χ2n) is 6.70. The number of hydrogen-bond donors (Lipinski definition) is 1. The Bertz CT molecular complexity index is 988. The second-order valence-corrected chi connectivity index (χ2v) is 6.70.